The zero-order valence-corrected chi connectivity index (χ0v) is 18.9. The van der Waals surface area contributed by atoms with Crippen molar-refractivity contribution in [2.45, 2.75) is 26.8 Å². The first kappa shape index (κ1) is 23.1. The van der Waals surface area contributed by atoms with Gasteiger partial charge in [-0.25, -0.2) is 18.3 Å². The molecule has 8 nitrogen and oxygen atoms in total. The number of carbonyl (C=O) groups is 2. The van der Waals surface area contributed by atoms with Crippen LogP contribution in [0.2, 0.25) is 0 Å². The number of ether oxygens (including phenoxy) is 1. The number of halogens is 2. The number of hydrogen-bond acceptors (Lipinski definition) is 6. The van der Waals surface area contributed by atoms with Crippen LogP contribution in [-0.4, -0.2) is 39.8 Å². The molecule has 1 amide bonds. The smallest absolute Gasteiger partial charge is 0.338 e. The molecule has 0 bridgehead atoms. The Kier molecular flexibility index (Phi) is 6.40. The fraction of sp³-hybridized carbons (Fsp3) is 0.250. The number of hydrogen-bond donors (Lipinski definition) is 1. The van der Waals surface area contributed by atoms with E-state index in [1.165, 1.54) is 12.4 Å². The van der Waals surface area contributed by atoms with E-state index in [-0.39, 0.29) is 18.8 Å². The standard InChI is InChI=1S/C24H23F2N5O3/c1-4-34-23(33)21-15(3)30(12-20(32)29-17-9-10-18(25)19(26)11-17)24-27-13-28-31(24)22(21)16-7-5-14(2)6-8-16/h5-11,13,22H,4,12H2,1-3H3,(H,29,32). The van der Waals surface area contributed by atoms with E-state index in [1.807, 2.05) is 31.2 Å². The summed E-state index contributed by atoms with van der Waals surface area (Å²) < 4.78 is 33.6. The lowest BCUT2D eigenvalue weighted by Gasteiger charge is -2.35. The Morgan fingerprint density at radius 1 is 1.09 bits per heavy atom. The normalized spacial score (nSPS) is 15.2. The average Bonchev–Trinajstić information content (AvgIpc) is 3.28. The SMILES string of the molecule is CCOC(=O)C1=C(C)N(CC(=O)Nc2ccc(F)c(F)c2)c2ncnn2C1c1ccc(C)cc1. The van der Waals surface area contributed by atoms with Gasteiger partial charge in [-0.1, -0.05) is 29.8 Å². The van der Waals surface area contributed by atoms with Crippen LogP contribution in [-0.2, 0) is 14.3 Å². The Bertz CT molecular complexity index is 1270. The van der Waals surface area contributed by atoms with Gasteiger partial charge in [-0.2, -0.15) is 10.1 Å². The zero-order chi connectivity index (χ0) is 24.4. The molecule has 1 unspecified atom stereocenters. The molecule has 0 fully saturated rings. The molecule has 176 valence electrons. The van der Waals surface area contributed by atoms with Crippen molar-refractivity contribution in [3.8, 4) is 0 Å². The highest BCUT2D eigenvalue weighted by molar-refractivity contribution is 5.96. The van der Waals surface area contributed by atoms with Crippen LogP contribution < -0.4 is 10.2 Å². The highest BCUT2D eigenvalue weighted by atomic mass is 19.2. The molecule has 2 heterocycles. The Balaban J connectivity index is 1.71. The van der Waals surface area contributed by atoms with Gasteiger partial charge in [0.25, 0.3) is 0 Å². The van der Waals surface area contributed by atoms with Gasteiger partial charge in [0.05, 0.1) is 12.2 Å². The van der Waals surface area contributed by atoms with Crippen molar-refractivity contribution in [3.05, 3.63) is 82.8 Å². The summed E-state index contributed by atoms with van der Waals surface area (Å²) in [5, 5.41) is 6.86. The van der Waals surface area contributed by atoms with Crippen LogP contribution in [0.1, 0.15) is 31.0 Å². The monoisotopic (exact) mass is 467 g/mol. The lowest BCUT2D eigenvalue weighted by atomic mass is 9.94. The van der Waals surface area contributed by atoms with Gasteiger partial charge in [0.1, 0.15) is 18.9 Å². The number of anilines is 2. The fourth-order valence-corrected chi connectivity index (χ4v) is 3.87. The lowest BCUT2D eigenvalue weighted by molar-refractivity contribution is -0.139. The third kappa shape index (κ3) is 4.39. The first-order valence-corrected chi connectivity index (χ1v) is 10.7. The number of aryl methyl sites for hydroxylation is 1. The van der Waals surface area contributed by atoms with Crippen LogP contribution in [0.25, 0.3) is 0 Å². The van der Waals surface area contributed by atoms with Gasteiger partial charge in [0.2, 0.25) is 11.9 Å². The Morgan fingerprint density at radius 2 is 1.82 bits per heavy atom. The number of nitrogens with one attached hydrogen (secondary N) is 1. The molecule has 1 aliphatic heterocycles. The number of nitrogens with zero attached hydrogens (tertiary/aromatic N) is 4. The summed E-state index contributed by atoms with van der Waals surface area (Å²) in [6.07, 6.45) is 1.35. The molecule has 1 aromatic heterocycles. The Hall–Kier alpha value is -4.08. The maximum atomic E-state index is 13.5. The number of fused-ring (bicyclic) bond motifs is 1. The number of esters is 1. The number of rotatable bonds is 6. The fourth-order valence-electron chi connectivity index (χ4n) is 3.87. The topological polar surface area (TPSA) is 89.3 Å². The van der Waals surface area contributed by atoms with Crippen LogP contribution in [0, 0.1) is 18.6 Å². The number of allylic oxidation sites excluding steroid dienone is 1. The molecule has 0 aliphatic carbocycles. The summed E-state index contributed by atoms with van der Waals surface area (Å²) >= 11 is 0. The van der Waals surface area contributed by atoms with Crippen molar-refractivity contribution in [2.75, 3.05) is 23.4 Å². The van der Waals surface area contributed by atoms with E-state index in [1.54, 1.807) is 23.4 Å². The van der Waals surface area contributed by atoms with Crippen LogP contribution in [0.4, 0.5) is 20.4 Å². The highest BCUT2D eigenvalue weighted by Crippen LogP contribution is 2.38. The van der Waals surface area contributed by atoms with Crippen molar-refractivity contribution in [1.29, 1.82) is 0 Å². The van der Waals surface area contributed by atoms with Crippen LogP contribution >= 0.6 is 0 Å². The summed E-state index contributed by atoms with van der Waals surface area (Å²) in [6, 6.07) is 10.2. The molecule has 34 heavy (non-hydrogen) atoms. The molecule has 2 aromatic carbocycles. The first-order chi connectivity index (χ1) is 16.3. The van der Waals surface area contributed by atoms with Crippen molar-refractivity contribution >= 4 is 23.5 Å². The van der Waals surface area contributed by atoms with Gasteiger partial charge in [-0.15, -0.1) is 0 Å². The lowest BCUT2D eigenvalue weighted by Crippen LogP contribution is -2.40. The molecule has 4 rings (SSSR count). The number of benzene rings is 2. The first-order valence-electron chi connectivity index (χ1n) is 10.7. The molecule has 3 aromatic rings. The van der Waals surface area contributed by atoms with Gasteiger partial charge in [0, 0.05) is 17.5 Å². The quantitative estimate of drug-likeness (QED) is 0.556. The van der Waals surface area contributed by atoms with E-state index >= 15 is 0 Å². The Morgan fingerprint density at radius 3 is 2.50 bits per heavy atom. The second-order valence-corrected chi connectivity index (χ2v) is 7.80. The molecule has 10 heteroatoms. The minimum Gasteiger partial charge on any atom is -0.463 e. The maximum Gasteiger partial charge on any atom is 0.338 e. The molecule has 1 N–H and O–H groups in total. The predicted octanol–water partition coefficient (Wildman–Crippen LogP) is 3.75. The van der Waals surface area contributed by atoms with Crippen molar-refractivity contribution in [1.82, 2.24) is 14.8 Å². The van der Waals surface area contributed by atoms with Crippen LogP contribution in [0.15, 0.2) is 60.1 Å². The molecule has 0 saturated heterocycles. The summed E-state index contributed by atoms with van der Waals surface area (Å²) in [5.74, 6) is -2.77. The second-order valence-electron chi connectivity index (χ2n) is 7.80. The van der Waals surface area contributed by atoms with E-state index in [2.05, 4.69) is 15.4 Å². The van der Waals surface area contributed by atoms with Gasteiger partial charge in [-0.05, 0) is 38.5 Å². The molecule has 0 saturated carbocycles. The molecule has 1 atom stereocenters. The molecule has 0 radical (unpaired) electrons. The van der Waals surface area contributed by atoms with Gasteiger partial charge in [0.15, 0.2) is 11.6 Å². The van der Waals surface area contributed by atoms with Gasteiger partial charge < -0.3 is 15.0 Å². The zero-order valence-electron chi connectivity index (χ0n) is 18.9. The molecule has 0 spiro atoms. The third-order valence-electron chi connectivity index (χ3n) is 5.50. The molecule has 1 aliphatic rings. The van der Waals surface area contributed by atoms with Crippen molar-refractivity contribution < 1.29 is 23.1 Å². The molecular formula is C24H23F2N5O3. The third-order valence-corrected chi connectivity index (χ3v) is 5.50. The van der Waals surface area contributed by atoms with Crippen LogP contribution in [0.5, 0.6) is 0 Å². The minimum atomic E-state index is -1.07. The van der Waals surface area contributed by atoms with Gasteiger partial charge >= 0.3 is 5.97 Å². The summed E-state index contributed by atoms with van der Waals surface area (Å²) in [6.45, 7) is 5.32. The number of carbonyl (C=O) groups excluding carboxylic acids is 2. The minimum absolute atomic E-state index is 0.104. The maximum absolute atomic E-state index is 13.5. The van der Waals surface area contributed by atoms with Crippen molar-refractivity contribution in [2.24, 2.45) is 0 Å². The van der Waals surface area contributed by atoms with Gasteiger partial charge in [-0.3, -0.25) is 4.79 Å². The number of amides is 1. The predicted molar refractivity (Wildman–Crippen MR) is 121 cm³/mol. The molecular weight excluding hydrogens is 444 g/mol. The van der Waals surface area contributed by atoms with Crippen molar-refractivity contribution in [3.63, 3.8) is 0 Å². The average molecular weight is 467 g/mol. The van der Waals surface area contributed by atoms with Crippen LogP contribution in [0.3, 0.4) is 0 Å². The highest BCUT2D eigenvalue weighted by Gasteiger charge is 2.38. The van der Waals surface area contributed by atoms with E-state index in [4.69, 9.17) is 4.74 Å². The number of aromatic nitrogens is 3. The summed E-state index contributed by atoms with van der Waals surface area (Å²) in [5.41, 5.74) is 2.78. The van der Waals surface area contributed by atoms with E-state index in [0.717, 1.165) is 23.3 Å². The van der Waals surface area contributed by atoms with E-state index in [0.29, 0.717) is 17.2 Å². The Labute approximate surface area is 194 Å². The summed E-state index contributed by atoms with van der Waals surface area (Å²) in [7, 11) is 0. The second kappa shape index (κ2) is 9.42. The summed E-state index contributed by atoms with van der Waals surface area (Å²) in [4.78, 5) is 31.7. The largest absolute Gasteiger partial charge is 0.463 e. The van der Waals surface area contributed by atoms with E-state index in [9.17, 15) is 18.4 Å². The van der Waals surface area contributed by atoms with E-state index < -0.39 is 29.6 Å².